The van der Waals surface area contributed by atoms with Crippen LogP contribution in [0.25, 0.3) is 0 Å². The summed E-state index contributed by atoms with van der Waals surface area (Å²) in [5.74, 6) is -0.846. The molecule has 0 spiro atoms. The highest BCUT2D eigenvalue weighted by Crippen LogP contribution is 2.16. The first-order valence-electron chi connectivity index (χ1n) is 25.0. The van der Waals surface area contributed by atoms with Gasteiger partial charge in [0.15, 0.2) is 6.10 Å². The van der Waals surface area contributed by atoms with E-state index >= 15 is 0 Å². The minimum Gasteiger partial charge on any atom is -0.462 e. The van der Waals surface area contributed by atoms with E-state index in [1.165, 1.54) is 186 Å². The lowest BCUT2D eigenvalue weighted by Crippen LogP contribution is -2.30. The van der Waals surface area contributed by atoms with Crippen LogP contribution in [0.3, 0.4) is 0 Å². The van der Waals surface area contributed by atoms with Crippen LogP contribution in [0.2, 0.25) is 0 Å². The van der Waals surface area contributed by atoms with Gasteiger partial charge in [-0.05, 0) is 19.3 Å². The van der Waals surface area contributed by atoms with E-state index < -0.39 is 6.10 Å². The maximum absolute atomic E-state index is 12.7. The van der Waals surface area contributed by atoms with Gasteiger partial charge in [-0.25, -0.2) is 0 Å². The van der Waals surface area contributed by atoms with Crippen LogP contribution in [0, 0.1) is 0 Å². The third-order valence-electron chi connectivity index (χ3n) is 11.4. The molecule has 0 aromatic rings. The molecular weight excluding hydrogens is 697 g/mol. The summed E-state index contributed by atoms with van der Waals surface area (Å²) in [6.07, 6.45) is 48.0. The molecular formula is C50H96O6. The summed E-state index contributed by atoms with van der Waals surface area (Å²) in [7, 11) is 0. The molecule has 6 heteroatoms. The largest absolute Gasteiger partial charge is 0.462 e. The summed E-state index contributed by atoms with van der Waals surface area (Å²) in [5, 5.41) is 0. The van der Waals surface area contributed by atoms with E-state index in [-0.39, 0.29) is 31.1 Å². The van der Waals surface area contributed by atoms with Crippen LogP contribution in [-0.4, -0.2) is 37.2 Å². The molecule has 1 atom stereocenters. The zero-order valence-electron chi connectivity index (χ0n) is 37.9. The quantitative estimate of drug-likeness (QED) is 0.0347. The molecule has 0 unspecified atom stereocenters. The lowest BCUT2D eigenvalue weighted by Gasteiger charge is -2.18. The Balaban J connectivity index is 4.26. The number of hydrogen-bond donors (Lipinski definition) is 0. The summed E-state index contributed by atoms with van der Waals surface area (Å²) in [4.78, 5) is 37.8. The second-order valence-corrected chi connectivity index (χ2v) is 17.1. The zero-order chi connectivity index (χ0) is 40.8. The highest BCUT2D eigenvalue weighted by molar-refractivity contribution is 5.71. The molecule has 0 radical (unpaired) electrons. The van der Waals surface area contributed by atoms with Crippen molar-refractivity contribution in [2.24, 2.45) is 0 Å². The van der Waals surface area contributed by atoms with Crippen LogP contribution in [0.1, 0.15) is 284 Å². The van der Waals surface area contributed by atoms with Gasteiger partial charge in [-0.3, -0.25) is 14.4 Å². The number of hydrogen-bond acceptors (Lipinski definition) is 6. The molecule has 0 bridgehead atoms. The van der Waals surface area contributed by atoms with E-state index in [0.29, 0.717) is 19.3 Å². The maximum atomic E-state index is 12.7. The van der Waals surface area contributed by atoms with Crippen molar-refractivity contribution in [3.8, 4) is 0 Å². The standard InChI is InChI=1S/C50H96O6/c1-4-7-10-13-16-19-21-23-24-25-27-28-31-34-37-40-43-49(52)55-46-47(45-54-48(51)42-39-36-33-30-18-15-12-9-6-3)56-50(53)44-41-38-35-32-29-26-22-20-17-14-11-8-5-2/h47H,4-46H2,1-3H3/t47-/m0/s1. The van der Waals surface area contributed by atoms with E-state index in [4.69, 9.17) is 14.2 Å². The number of esters is 3. The highest BCUT2D eigenvalue weighted by Gasteiger charge is 2.19. The van der Waals surface area contributed by atoms with Gasteiger partial charge in [-0.1, -0.05) is 245 Å². The fourth-order valence-electron chi connectivity index (χ4n) is 7.56. The van der Waals surface area contributed by atoms with Gasteiger partial charge in [0, 0.05) is 19.3 Å². The number of rotatable bonds is 46. The Labute approximate surface area is 348 Å². The third kappa shape index (κ3) is 43.5. The van der Waals surface area contributed by atoms with Crippen LogP contribution in [0.4, 0.5) is 0 Å². The van der Waals surface area contributed by atoms with Crippen molar-refractivity contribution in [3.05, 3.63) is 0 Å². The number of unbranched alkanes of at least 4 members (excludes halogenated alkanes) is 35. The predicted octanol–water partition coefficient (Wildman–Crippen LogP) is 16.0. The third-order valence-corrected chi connectivity index (χ3v) is 11.4. The van der Waals surface area contributed by atoms with Crippen molar-refractivity contribution in [2.45, 2.75) is 290 Å². The first kappa shape index (κ1) is 54.4. The van der Waals surface area contributed by atoms with Gasteiger partial charge < -0.3 is 14.2 Å². The van der Waals surface area contributed by atoms with Crippen molar-refractivity contribution >= 4 is 17.9 Å². The SMILES string of the molecule is CCCCCCCCCCCCCCCCCCC(=O)OC[C@H](COC(=O)CCCCCCCCCCC)OC(=O)CCCCCCCCCCCCCCC. The molecule has 0 aliphatic rings. The van der Waals surface area contributed by atoms with Crippen LogP contribution in [0.15, 0.2) is 0 Å². The molecule has 0 rings (SSSR count). The molecule has 0 aromatic carbocycles. The van der Waals surface area contributed by atoms with Gasteiger partial charge in [0.05, 0.1) is 0 Å². The van der Waals surface area contributed by atoms with Crippen LogP contribution in [-0.2, 0) is 28.6 Å². The monoisotopic (exact) mass is 793 g/mol. The summed E-state index contributed by atoms with van der Waals surface area (Å²) in [6, 6.07) is 0. The molecule has 0 aliphatic carbocycles. The Morgan fingerprint density at radius 2 is 0.482 bits per heavy atom. The molecule has 6 nitrogen and oxygen atoms in total. The Morgan fingerprint density at radius 3 is 0.714 bits per heavy atom. The second kappa shape index (κ2) is 46.1. The number of carbonyl (C=O) groups excluding carboxylic acids is 3. The van der Waals surface area contributed by atoms with E-state index in [1.807, 2.05) is 0 Å². The highest BCUT2D eigenvalue weighted by atomic mass is 16.6. The number of carbonyl (C=O) groups is 3. The molecule has 0 saturated carbocycles. The molecule has 0 heterocycles. The summed E-state index contributed by atoms with van der Waals surface area (Å²) < 4.78 is 16.8. The Hall–Kier alpha value is -1.59. The van der Waals surface area contributed by atoms with Crippen LogP contribution in [0.5, 0.6) is 0 Å². The smallest absolute Gasteiger partial charge is 0.306 e. The van der Waals surface area contributed by atoms with Gasteiger partial charge in [0.2, 0.25) is 0 Å². The average Bonchev–Trinajstić information content (AvgIpc) is 3.19. The molecule has 56 heavy (non-hydrogen) atoms. The summed E-state index contributed by atoms with van der Waals surface area (Å²) in [6.45, 7) is 6.65. The fourth-order valence-corrected chi connectivity index (χ4v) is 7.56. The molecule has 0 N–H and O–H groups in total. The van der Waals surface area contributed by atoms with Crippen molar-refractivity contribution < 1.29 is 28.6 Å². The topological polar surface area (TPSA) is 78.9 Å². The van der Waals surface area contributed by atoms with Gasteiger partial charge >= 0.3 is 17.9 Å². The van der Waals surface area contributed by atoms with Crippen molar-refractivity contribution in [1.29, 1.82) is 0 Å². The summed E-state index contributed by atoms with van der Waals surface area (Å²) >= 11 is 0. The first-order valence-corrected chi connectivity index (χ1v) is 25.0. The Morgan fingerprint density at radius 1 is 0.286 bits per heavy atom. The molecule has 0 aliphatic heterocycles. The van der Waals surface area contributed by atoms with Gasteiger partial charge in [0.25, 0.3) is 0 Å². The molecule has 0 amide bonds. The van der Waals surface area contributed by atoms with E-state index in [2.05, 4.69) is 20.8 Å². The molecule has 332 valence electrons. The van der Waals surface area contributed by atoms with E-state index in [0.717, 1.165) is 57.8 Å². The van der Waals surface area contributed by atoms with Gasteiger partial charge in [-0.2, -0.15) is 0 Å². The first-order chi connectivity index (χ1) is 27.5. The van der Waals surface area contributed by atoms with Crippen LogP contribution < -0.4 is 0 Å². The summed E-state index contributed by atoms with van der Waals surface area (Å²) in [5.41, 5.74) is 0. The second-order valence-electron chi connectivity index (χ2n) is 17.1. The van der Waals surface area contributed by atoms with E-state index in [9.17, 15) is 14.4 Å². The Bertz CT molecular complexity index is 828. The Kier molecular flexibility index (Phi) is 44.8. The fraction of sp³-hybridized carbons (Fsp3) is 0.940. The minimum absolute atomic E-state index is 0.0622. The maximum Gasteiger partial charge on any atom is 0.306 e. The van der Waals surface area contributed by atoms with Gasteiger partial charge in [0.1, 0.15) is 13.2 Å². The molecule has 0 aromatic heterocycles. The minimum atomic E-state index is -0.758. The lowest BCUT2D eigenvalue weighted by atomic mass is 10.0. The van der Waals surface area contributed by atoms with Crippen molar-refractivity contribution in [3.63, 3.8) is 0 Å². The van der Waals surface area contributed by atoms with Gasteiger partial charge in [-0.15, -0.1) is 0 Å². The molecule has 0 saturated heterocycles. The van der Waals surface area contributed by atoms with Crippen LogP contribution >= 0.6 is 0 Å². The lowest BCUT2D eigenvalue weighted by molar-refractivity contribution is -0.167. The van der Waals surface area contributed by atoms with Crippen molar-refractivity contribution in [1.82, 2.24) is 0 Å². The van der Waals surface area contributed by atoms with E-state index in [1.54, 1.807) is 0 Å². The predicted molar refractivity (Wildman–Crippen MR) is 238 cm³/mol. The normalized spacial score (nSPS) is 11.8. The zero-order valence-corrected chi connectivity index (χ0v) is 37.9. The van der Waals surface area contributed by atoms with Crippen molar-refractivity contribution in [2.75, 3.05) is 13.2 Å². The average molecular weight is 793 g/mol. The molecule has 0 fully saturated rings. The number of ether oxygens (including phenoxy) is 3.